The Balaban J connectivity index is 2.25. The van der Waals surface area contributed by atoms with Crippen LogP contribution in [0.4, 0.5) is 10.7 Å². The number of primary amides is 1. The Morgan fingerprint density at radius 2 is 1.96 bits per heavy atom. The maximum atomic E-state index is 12.0. The van der Waals surface area contributed by atoms with E-state index < -0.39 is 17.8 Å². The van der Waals surface area contributed by atoms with Gasteiger partial charge >= 0.3 is 5.97 Å². The first-order valence-electron chi connectivity index (χ1n) is 7.16. The summed E-state index contributed by atoms with van der Waals surface area (Å²) in [6.07, 6.45) is -0.374. The number of hydrogen-bond acceptors (Lipinski definition) is 6. The number of nitrogen functional groups attached to an aromatic ring is 1. The van der Waals surface area contributed by atoms with Crippen molar-refractivity contribution in [3.8, 4) is 10.4 Å². The van der Waals surface area contributed by atoms with E-state index in [2.05, 4.69) is 5.32 Å². The summed E-state index contributed by atoms with van der Waals surface area (Å²) in [7, 11) is 0. The van der Waals surface area contributed by atoms with Crippen LogP contribution in [0.5, 0.6) is 0 Å². The van der Waals surface area contributed by atoms with Gasteiger partial charge in [-0.1, -0.05) is 18.2 Å². The quantitative estimate of drug-likeness (QED) is 0.544. The highest BCUT2D eigenvalue weighted by Gasteiger charge is 2.16. The van der Waals surface area contributed by atoms with E-state index in [0.717, 1.165) is 0 Å². The van der Waals surface area contributed by atoms with E-state index in [9.17, 15) is 14.4 Å². The van der Waals surface area contributed by atoms with Crippen molar-refractivity contribution in [2.75, 3.05) is 17.7 Å². The zero-order chi connectivity index (χ0) is 17.7. The lowest BCUT2D eigenvalue weighted by Gasteiger charge is -2.09. The highest BCUT2D eigenvalue weighted by molar-refractivity contribution is 7.19. The van der Waals surface area contributed by atoms with E-state index in [-0.39, 0.29) is 18.6 Å². The molecule has 0 bridgehead atoms. The van der Waals surface area contributed by atoms with Crippen LogP contribution in [-0.4, -0.2) is 24.4 Å². The second-order valence-corrected chi connectivity index (χ2v) is 5.91. The number of para-hydroxylation sites is 1. The number of nitrogens with two attached hydrogens (primary N) is 2. The Labute approximate surface area is 142 Å². The number of amides is 2. The van der Waals surface area contributed by atoms with Crippen molar-refractivity contribution >= 4 is 39.8 Å². The van der Waals surface area contributed by atoms with Gasteiger partial charge in [-0.2, -0.15) is 0 Å². The lowest BCUT2D eigenvalue weighted by Crippen LogP contribution is -2.18. The number of rotatable bonds is 6. The van der Waals surface area contributed by atoms with Crippen molar-refractivity contribution in [1.82, 2.24) is 0 Å². The summed E-state index contributed by atoms with van der Waals surface area (Å²) in [5, 5.41) is 2.98. The van der Waals surface area contributed by atoms with Gasteiger partial charge in [0.1, 0.15) is 6.42 Å². The average Bonchev–Trinajstić information content (AvgIpc) is 2.89. The molecule has 0 saturated heterocycles. The van der Waals surface area contributed by atoms with Gasteiger partial charge in [-0.25, -0.2) is 0 Å². The Kier molecular flexibility index (Phi) is 5.54. The van der Waals surface area contributed by atoms with Crippen molar-refractivity contribution < 1.29 is 19.1 Å². The van der Waals surface area contributed by atoms with E-state index in [0.29, 0.717) is 21.1 Å². The molecule has 0 aliphatic rings. The molecule has 5 N–H and O–H groups in total. The van der Waals surface area contributed by atoms with Crippen LogP contribution in [0.15, 0.2) is 30.3 Å². The molecule has 2 rings (SSSR count). The first-order chi connectivity index (χ1) is 11.4. The summed E-state index contributed by atoms with van der Waals surface area (Å²) in [4.78, 5) is 35.4. The van der Waals surface area contributed by atoms with Crippen LogP contribution < -0.4 is 16.8 Å². The summed E-state index contributed by atoms with van der Waals surface area (Å²) in [6.45, 7) is 1.88. The fourth-order valence-electron chi connectivity index (χ4n) is 2.07. The fraction of sp³-hybridized carbons (Fsp3) is 0.188. The van der Waals surface area contributed by atoms with Crippen LogP contribution in [0, 0.1) is 0 Å². The maximum Gasteiger partial charge on any atom is 0.315 e. The average molecular weight is 347 g/mol. The van der Waals surface area contributed by atoms with Crippen LogP contribution >= 0.6 is 11.3 Å². The van der Waals surface area contributed by atoms with Crippen molar-refractivity contribution in [3.05, 3.63) is 35.9 Å². The summed E-state index contributed by atoms with van der Waals surface area (Å²) >= 11 is 1.19. The second-order valence-electron chi connectivity index (χ2n) is 4.83. The molecule has 2 amide bonds. The largest absolute Gasteiger partial charge is 0.466 e. The normalized spacial score (nSPS) is 10.2. The van der Waals surface area contributed by atoms with Gasteiger partial charge in [0.25, 0.3) is 5.91 Å². The van der Waals surface area contributed by atoms with Crippen LogP contribution in [0.3, 0.4) is 0 Å². The first kappa shape index (κ1) is 17.5. The molecule has 2 aromatic rings. The highest BCUT2D eigenvalue weighted by atomic mass is 32.1. The Morgan fingerprint density at radius 1 is 1.25 bits per heavy atom. The van der Waals surface area contributed by atoms with Gasteiger partial charge in [-0.3, -0.25) is 14.4 Å². The molecule has 8 heteroatoms. The van der Waals surface area contributed by atoms with Gasteiger partial charge in [0, 0.05) is 16.1 Å². The number of thiophene rings is 1. The van der Waals surface area contributed by atoms with Crippen LogP contribution in [0.1, 0.15) is 23.7 Å². The molecule has 1 heterocycles. The number of nitrogens with one attached hydrogen (secondary N) is 1. The van der Waals surface area contributed by atoms with Gasteiger partial charge in [0.2, 0.25) is 5.91 Å². The third-order valence-corrected chi connectivity index (χ3v) is 4.10. The fourth-order valence-corrected chi connectivity index (χ4v) is 3.05. The SMILES string of the molecule is CCOC(=O)CC(=O)Nc1ccccc1-c1cc(C(N)=O)c(N)s1. The predicted octanol–water partition coefficient (Wildman–Crippen LogP) is 1.99. The predicted molar refractivity (Wildman–Crippen MR) is 92.6 cm³/mol. The lowest BCUT2D eigenvalue weighted by molar-refractivity contribution is -0.145. The maximum absolute atomic E-state index is 12.0. The summed E-state index contributed by atoms with van der Waals surface area (Å²) in [5.41, 5.74) is 12.5. The number of carbonyl (C=O) groups excluding carboxylic acids is 3. The molecule has 126 valence electrons. The smallest absolute Gasteiger partial charge is 0.315 e. The third-order valence-electron chi connectivity index (χ3n) is 3.10. The van der Waals surface area contributed by atoms with Crippen molar-refractivity contribution in [2.24, 2.45) is 5.73 Å². The molecule has 0 spiro atoms. The molecule has 0 radical (unpaired) electrons. The molecule has 0 atom stereocenters. The topological polar surface area (TPSA) is 125 Å². The van der Waals surface area contributed by atoms with Gasteiger partial charge in [0.05, 0.1) is 17.2 Å². The summed E-state index contributed by atoms with van der Waals surface area (Å²) < 4.78 is 4.74. The summed E-state index contributed by atoms with van der Waals surface area (Å²) in [6, 6.07) is 8.58. The molecule has 1 aromatic carbocycles. The van der Waals surface area contributed by atoms with Crippen molar-refractivity contribution in [1.29, 1.82) is 0 Å². The number of benzene rings is 1. The van der Waals surface area contributed by atoms with Gasteiger partial charge in [-0.05, 0) is 19.1 Å². The molecular weight excluding hydrogens is 330 g/mol. The number of esters is 1. The number of hydrogen-bond donors (Lipinski definition) is 3. The number of ether oxygens (including phenoxy) is 1. The van der Waals surface area contributed by atoms with Crippen LogP contribution in [-0.2, 0) is 14.3 Å². The zero-order valence-corrected chi connectivity index (χ0v) is 13.8. The third kappa shape index (κ3) is 4.11. The van der Waals surface area contributed by atoms with E-state index in [1.54, 1.807) is 37.3 Å². The van der Waals surface area contributed by atoms with Crippen molar-refractivity contribution in [2.45, 2.75) is 13.3 Å². The van der Waals surface area contributed by atoms with E-state index in [1.807, 2.05) is 0 Å². The minimum absolute atomic E-state index is 0.215. The molecule has 24 heavy (non-hydrogen) atoms. The Morgan fingerprint density at radius 3 is 2.58 bits per heavy atom. The van der Waals surface area contributed by atoms with Crippen LogP contribution in [0.2, 0.25) is 0 Å². The summed E-state index contributed by atoms with van der Waals surface area (Å²) in [5.74, 6) is -1.69. The molecule has 0 saturated carbocycles. The lowest BCUT2D eigenvalue weighted by atomic mass is 10.1. The van der Waals surface area contributed by atoms with Crippen LogP contribution in [0.25, 0.3) is 10.4 Å². The zero-order valence-electron chi connectivity index (χ0n) is 13.0. The van der Waals surface area contributed by atoms with E-state index in [4.69, 9.17) is 16.2 Å². The number of carbonyl (C=O) groups is 3. The van der Waals surface area contributed by atoms with Gasteiger partial charge in [0.15, 0.2) is 0 Å². The van der Waals surface area contributed by atoms with Gasteiger partial charge in [-0.15, -0.1) is 11.3 Å². The monoisotopic (exact) mass is 347 g/mol. The van der Waals surface area contributed by atoms with E-state index >= 15 is 0 Å². The molecule has 0 unspecified atom stereocenters. The number of anilines is 2. The Hall–Kier alpha value is -2.87. The minimum atomic E-state index is -0.612. The van der Waals surface area contributed by atoms with Crippen molar-refractivity contribution in [3.63, 3.8) is 0 Å². The highest BCUT2D eigenvalue weighted by Crippen LogP contribution is 2.37. The standard InChI is InChI=1S/C16H17N3O4S/c1-2-23-14(21)8-13(20)19-11-6-4-3-5-9(11)12-7-10(15(17)22)16(18)24-12/h3-7H,2,8,18H2,1H3,(H2,17,22)(H,19,20). The Bertz CT molecular complexity index is 785. The molecular formula is C16H17N3O4S. The molecule has 0 aliphatic heterocycles. The molecule has 0 aliphatic carbocycles. The molecule has 1 aromatic heterocycles. The first-order valence-corrected chi connectivity index (χ1v) is 7.98. The van der Waals surface area contributed by atoms with Gasteiger partial charge < -0.3 is 21.5 Å². The van der Waals surface area contributed by atoms with E-state index in [1.165, 1.54) is 11.3 Å². The molecule has 7 nitrogen and oxygen atoms in total. The second kappa shape index (κ2) is 7.60. The minimum Gasteiger partial charge on any atom is -0.466 e. The molecule has 0 fully saturated rings.